The molecule has 1 atom stereocenters. The van der Waals surface area contributed by atoms with Crippen molar-refractivity contribution in [1.29, 1.82) is 0 Å². The number of aliphatic hydroxyl groups is 1. The molecule has 2 aromatic heterocycles. The molecule has 1 saturated heterocycles. The van der Waals surface area contributed by atoms with Gasteiger partial charge in [-0.3, -0.25) is 19.6 Å². The third kappa shape index (κ3) is 4.02. The molecular weight excluding hydrogens is 394 g/mol. The van der Waals surface area contributed by atoms with Crippen molar-refractivity contribution in [2.45, 2.75) is 19.5 Å². The van der Waals surface area contributed by atoms with E-state index in [4.69, 9.17) is 4.74 Å². The van der Waals surface area contributed by atoms with Crippen LogP contribution in [0.3, 0.4) is 0 Å². The summed E-state index contributed by atoms with van der Waals surface area (Å²) in [5.41, 5.74) is 1.96. The number of aliphatic hydroxyl groups excluding tert-OH is 1. The minimum absolute atomic E-state index is 0.0407. The quantitative estimate of drug-likeness (QED) is 0.376. The second-order valence-corrected chi connectivity index (χ2v) is 7.02. The van der Waals surface area contributed by atoms with Gasteiger partial charge in [0.1, 0.15) is 11.5 Å². The van der Waals surface area contributed by atoms with Gasteiger partial charge in [-0.1, -0.05) is 12.1 Å². The van der Waals surface area contributed by atoms with Gasteiger partial charge in [-0.25, -0.2) is 0 Å². The van der Waals surface area contributed by atoms with Gasteiger partial charge in [-0.15, -0.1) is 0 Å². The second kappa shape index (κ2) is 8.79. The maximum atomic E-state index is 13.0. The van der Waals surface area contributed by atoms with E-state index in [9.17, 15) is 14.7 Å². The summed E-state index contributed by atoms with van der Waals surface area (Å²) in [5, 5.41) is 11.1. The summed E-state index contributed by atoms with van der Waals surface area (Å²) in [6.07, 6.45) is 6.45. The Kier molecular flexibility index (Phi) is 5.75. The van der Waals surface area contributed by atoms with Crippen LogP contribution in [0.4, 0.5) is 0 Å². The summed E-state index contributed by atoms with van der Waals surface area (Å²) in [5.74, 6) is -1.06. The lowest BCUT2D eigenvalue weighted by molar-refractivity contribution is -0.140. The number of carbonyl (C=O) groups excluding carboxylic acids is 2. The van der Waals surface area contributed by atoms with Crippen LogP contribution in [0.15, 0.2) is 78.9 Å². The molecule has 1 aliphatic rings. The summed E-state index contributed by atoms with van der Waals surface area (Å²) in [4.78, 5) is 35.5. The van der Waals surface area contributed by atoms with Crippen LogP contribution in [0, 0.1) is 0 Å². The Bertz CT molecular complexity index is 1130. The van der Waals surface area contributed by atoms with Crippen molar-refractivity contribution in [2.24, 2.45) is 0 Å². The zero-order valence-corrected chi connectivity index (χ0v) is 16.9. The number of nitrogens with zero attached hydrogens (tertiary/aromatic N) is 3. The monoisotopic (exact) mass is 415 g/mol. The highest BCUT2D eigenvalue weighted by molar-refractivity contribution is 6.46. The lowest BCUT2D eigenvalue weighted by Crippen LogP contribution is -2.29. The van der Waals surface area contributed by atoms with E-state index in [1.807, 2.05) is 6.92 Å². The first-order valence-electron chi connectivity index (χ1n) is 9.90. The molecule has 1 fully saturated rings. The molecule has 0 spiro atoms. The van der Waals surface area contributed by atoms with Crippen LogP contribution in [0.1, 0.15) is 29.7 Å². The number of rotatable bonds is 6. The van der Waals surface area contributed by atoms with E-state index in [0.29, 0.717) is 23.5 Å². The fraction of sp³-hybridized carbons (Fsp3) is 0.167. The zero-order valence-electron chi connectivity index (χ0n) is 16.9. The lowest BCUT2D eigenvalue weighted by Gasteiger charge is -2.25. The molecule has 3 aromatic rings. The van der Waals surface area contributed by atoms with Crippen LogP contribution in [0.25, 0.3) is 5.76 Å². The Morgan fingerprint density at radius 2 is 1.71 bits per heavy atom. The number of aromatic nitrogens is 2. The molecule has 7 heteroatoms. The fourth-order valence-electron chi connectivity index (χ4n) is 3.68. The van der Waals surface area contributed by atoms with E-state index in [1.54, 1.807) is 73.3 Å². The van der Waals surface area contributed by atoms with Crippen molar-refractivity contribution in [3.8, 4) is 5.75 Å². The van der Waals surface area contributed by atoms with Gasteiger partial charge in [0.2, 0.25) is 0 Å². The van der Waals surface area contributed by atoms with E-state index in [-0.39, 0.29) is 17.9 Å². The number of amides is 1. The number of hydrogen-bond donors (Lipinski definition) is 1. The topological polar surface area (TPSA) is 92.6 Å². The molecule has 0 radical (unpaired) electrons. The van der Waals surface area contributed by atoms with E-state index in [2.05, 4.69) is 9.97 Å². The van der Waals surface area contributed by atoms with Crippen LogP contribution in [-0.4, -0.2) is 38.3 Å². The fourth-order valence-corrected chi connectivity index (χ4v) is 3.68. The van der Waals surface area contributed by atoms with E-state index < -0.39 is 17.7 Å². The summed E-state index contributed by atoms with van der Waals surface area (Å²) in [7, 11) is 0. The Labute approximate surface area is 179 Å². The number of benzene rings is 1. The van der Waals surface area contributed by atoms with Gasteiger partial charge in [-0.05, 0) is 54.4 Å². The molecule has 156 valence electrons. The van der Waals surface area contributed by atoms with Crippen LogP contribution < -0.4 is 4.74 Å². The first kappa shape index (κ1) is 20.3. The number of hydrogen-bond acceptors (Lipinski definition) is 6. The highest BCUT2D eigenvalue weighted by Gasteiger charge is 2.46. The van der Waals surface area contributed by atoms with E-state index in [1.165, 1.54) is 4.90 Å². The largest absolute Gasteiger partial charge is 0.507 e. The molecule has 1 N–H and O–H groups in total. The lowest BCUT2D eigenvalue weighted by atomic mass is 9.95. The molecule has 4 rings (SSSR count). The summed E-state index contributed by atoms with van der Waals surface area (Å²) in [6, 6.07) is 13.1. The smallest absolute Gasteiger partial charge is 0.295 e. The molecule has 1 amide bonds. The molecule has 31 heavy (non-hydrogen) atoms. The Morgan fingerprint density at radius 1 is 1.03 bits per heavy atom. The van der Waals surface area contributed by atoms with Crippen LogP contribution >= 0.6 is 0 Å². The van der Waals surface area contributed by atoms with Gasteiger partial charge in [0.25, 0.3) is 11.7 Å². The van der Waals surface area contributed by atoms with Gasteiger partial charge < -0.3 is 14.7 Å². The van der Waals surface area contributed by atoms with Crippen LogP contribution in [-0.2, 0) is 16.1 Å². The van der Waals surface area contributed by atoms with Crippen molar-refractivity contribution < 1.29 is 19.4 Å². The highest BCUT2D eigenvalue weighted by atomic mass is 16.5. The molecule has 1 aromatic carbocycles. The van der Waals surface area contributed by atoms with Crippen LogP contribution in [0.2, 0.25) is 0 Å². The third-order valence-corrected chi connectivity index (χ3v) is 5.08. The molecule has 7 nitrogen and oxygen atoms in total. The van der Waals surface area contributed by atoms with Crippen molar-refractivity contribution in [2.75, 3.05) is 6.61 Å². The molecule has 3 heterocycles. The van der Waals surface area contributed by atoms with E-state index in [0.717, 1.165) is 5.56 Å². The molecule has 0 aliphatic carbocycles. The van der Waals surface area contributed by atoms with Crippen molar-refractivity contribution in [3.63, 3.8) is 0 Å². The van der Waals surface area contributed by atoms with Crippen molar-refractivity contribution in [1.82, 2.24) is 14.9 Å². The highest BCUT2D eigenvalue weighted by Crippen LogP contribution is 2.40. The number of ether oxygens (including phenoxy) is 1. The first-order chi connectivity index (χ1) is 15.1. The molecule has 0 bridgehead atoms. The third-order valence-electron chi connectivity index (χ3n) is 5.08. The summed E-state index contributed by atoms with van der Waals surface area (Å²) >= 11 is 0. The average molecular weight is 415 g/mol. The normalized spacial score (nSPS) is 17.7. The predicted molar refractivity (Wildman–Crippen MR) is 114 cm³/mol. The maximum absolute atomic E-state index is 13.0. The van der Waals surface area contributed by atoms with Crippen LogP contribution in [0.5, 0.6) is 5.75 Å². The molecule has 1 aliphatic heterocycles. The number of carbonyl (C=O) groups is 2. The Morgan fingerprint density at radius 3 is 2.39 bits per heavy atom. The standard InChI is InChI=1S/C24H21N3O4/c1-2-31-19-5-3-4-18(14-19)22(28)20-21(17-8-12-26-13-9-17)27(24(30)23(20)29)15-16-6-10-25-11-7-16/h3-14,21,28H,2,15H2,1H3. The van der Waals surface area contributed by atoms with E-state index >= 15 is 0 Å². The zero-order chi connectivity index (χ0) is 21.8. The van der Waals surface area contributed by atoms with Crippen molar-refractivity contribution >= 4 is 17.4 Å². The summed E-state index contributed by atoms with van der Waals surface area (Å²) < 4.78 is 5.51. The molecule has 0 saturated carbocycles. The van der Waals surface area contributed by atoms with Gasteiger partial charge in [-0.2, -0.15) is 0 Å². The minimum atomic E-state index is -0.744. The minimum Gasteiger partial charge on any atom is -0.507 e. The SMILES string of the molecule is CCOc1cccc(C(O)=C2C(=O)C(=O)N(Cc3ccncc3)C2c2ccncc2)c1. The van der Waals surface area contributed by atoms with Gasteiger partial charge in [0, 0.05) is 36.9 Å². The Balaban J connectivity index is 1.83. The number of ketones is 1. The predicted octanol–water partition coefficient (Wildman–Crippen LogP) is 3.50. The van der Waals surface area contributed by atoms with Crippen molar-refractivity contribution in [3.05, 3.63) is 95.6 Å². The first-order valence-corrected chi connectivity index (χ1v) is 9.90. The maximum Gasteiger partial charge on any atom is 0.295 e. The molecular formula is C24H21N3O4. The van der Waals surface area contributed by atoms with Gasteiger partial charge in [0.15, 0.2) is 0 Å². The second-order valence-electron chi connectivity index (χ2n) is 7.02. The van der Waals surface area contributed by atoms with Gasteiger partial charge in [0.05, 0.1) is 18.2 Å². The van der Waals surface area contributed by atoms with Gasteiger partial charge >= 0.3 is 0 Å². The Hall–Kier alpha value is -4.00. The molecule has 1 unspecified atom stereocenters. The average Bonchev–Trinajstić information content (AvgIpc) is 3.05. The number of Topliss-reactive ketones (excluding diaryl/α,β-unsaturated/α-hetero) is 1. The number of pyridine rings is 2. The summed E-state index contributed by atoms with van der Waals surface area (Å²) in [6.45, 7) is 2.54. The number of likely N-dealkylation sites (tertiary alicyclic amines) is 1.